The molecule has 0 spiro atoms. The van der Waals surface area contributed by atoms with Crippen molar-refractivity contribution in [2.24, 2.45) is 0 Å². The highest BCUT2D eigenvalue weighted by molar-refractivity contribution is 7.91. The van der Waals surface area contributed by atoms with Crippen LogP contribution in [0.1, 0.15) is 6.92 Å². The molecule has 100 valence electrons. The normalized spacial score (nSPS) is 11.5. The van der Waals surface area contributed by atoms with Crippen molar-refractivity contribution in [1.29, 1.82) is 0 Å². The number of carboxylic acid groups (broad SMARTS) is 1. The van der Waals surface area contributed by atoms with E-state index in [1.807, 2.05) is 0 Å². The predicted octanol–water partition coefficient (Wildman–Crippen LogP) is -0.798. The molecule has 0 aliphatic carbocycles. The van der Waals surface area contributed by atoms with Crippen molar-refractivity contribution in [2.75, 3.05) is 18.9 Å². The number of amides is 1. The van der Waals surface area contributed by atoms with E-state index in [-0.39, 0.29) is 9.47 Å². The lowest BCUT2D eigenvalue weighted by atomic mass is 10.7. The van der Waals surface area contributed by atoms with Gasteiger partial charge in [0.2, 0.25) is 15.4 Å². The van der Waals surface area contributed by atoms with Gasteiger partial charge in [0.15, 0.2) is 0 Å². The molecule has 0 aliphatic rings. The van der Waals surface area contributed by atoms with E-state index in [1.165, 1.54) is 6.92 Å². The Hall–Kier alpha value is -1.59. The van der Waals surface area contributed by atoms with Gasteiger partial charge in [0, 0.05) is 14.0 Å². The van der Waals surface area contributed by atoms with E-state index >= 15 is 0 Å². The van der Waals surface area contributed by atoms with Crippen LogP contribution < -0.4 is 5.32 Å². The number of anilines is 1. The van der Waals surface area contributed by atoms with Gasteiger partial charge in [-0.2, -0.15) is 4.31 Å². The minimum atomic E-state index is -4.00. The number of nitrogens with one attached hydrogen (secondary N) is 1. The quantitative estimate of drug-likeness (QED) is 0.680. The van der Waals surface area contributed by atoms with Gasteiger partial charge in [0.25, 0.3) is 10.0 Å². The van der Waals surface area contributed by atoms with Gasteiger partial charge in [-0.15, -0.1) is 10.2 Å². The number of likely N-dealkylation sites (N-methyl/N-ethyl adjacent to an activating group) is 1. The molecule has 0 unspecified atom stereocenters. The number of nitrogens with zero attached hydrogens (tertiary/aromatic N) is 3. The second kappa shape index (κ2) is 5.37. The molecule has 0 aliphatic heterocycles. The van der Waals surface area contributed by atoms with Gasteiger partial charge in [-0.3, -0.25) is 9.59 Å². The van der Waals surface area contributed by atoms with Crippen LogP contribution in [0.3, 0.4) is 0 Å². The van der Waals surface area contributed by atoms with Gasteiger partial charge >= 0.3 is 5.97 Å². The van der Waals surface area contributed by atoms with E-state index in [0.29, 0.717) is 15.6 Å². The Labute approximate surface area is 106 Å². The third kappa shape index (κ3) is 3.45. The van der Waals surface area contributed by atoms with Crippen LogP contribution in [0.25, 0.3) is 0 Å². The number of hydrogen-bond donors (Lipinski definition) is 2. The number of carbonyl (C=O) groups is 2. The lowest BCUT2D eigenvalue weighted by Gasteiger charge is -2.11. The minimum absolute atomic E-state index is 0.0322. The van der Waals surface area contributed by atoms with Crippen LogP contribution in [-0.2, 0) is 19.6 Å². The predicted molar refractivity (Wildman–Crippen MR) is 61.7 cm³/mol. The van der Waals surface area contributed by atoms with Crippen molar-refractivity contribution in [3.05, 3.63) is 0 Å². The van der Waals surface area contributed by atoms with Crippen molar-refractivity contribution < 1.29 is 23.1 Å². The van der Waals surface area contributed by atoms with Crippen LogP contribution in [-0.4, -0.2) is 53.5 Å². The smallest absolute Gasteiger partial charge is 0.318 e. The van der Waals surface area contributed by atoms with E-state index in [4.69, 9.17) is 5.11 Å². The Bertz CT molecular complexity index is 566. The average molecular weight is 294 g/mol. The largest absolute Gasteiger partial charge is 0.480 e. The molecule has 1 aromatic heterocycles. The number of aromatic nitrogens is 2. The maximum absolute atomic E-state index is 11.8. The van der Waals surface area contributed by atoms with Gasteiger partial charge in [0.05, 0.1) is 0 Å². The Balaban J connectivity index is 2.95. The molecule has 0 fully saturated rings. The molecule has 9 nitrogen and oxygen atoms in total. The summed E-state index contributed by atoms with van der Waals surface area (Å²) in [5.74, 6) is -1.69. The molecule has 0 atom stereocenters. The van der Waals surface area contributed by atoms with Crippen LogP contribution in [0.15, 0.2) is 4.34 Å². The lowest BCUT2D eigenvalue weighted by molar-refractivity contribution is -0.137. The molecule has 0 bridgehead atoms. The van der Waals surface area contributed by atoms with Crippen LogP contribution in [0, 0.1) is 0 Å². The Kier molecular flexibility index (Phi) is 4.32. The summed E-state index contributed by atoms with van der Waals surface area (Å²) in [7, 11) is -2.89. The summed E-state index contributed by atoms with van der Waals surface area (Å²) in [5, 5.41) is 17.7. The van der Waals surface area contributed by atoms with E-state index < -0.39 is 28.4 Å². The summed E-state index contributed by atoms with van der Waals surface area (Å²) >= 11 is 0.647. The summed E-state index contributed by atoms with van der Waals surface area (Å²) in [4.78, 5) is 21.2. The SMILES string of the molecule is CC(=O)Nc1nnc(S(=O)(=O)N(C)CC(=O)O)s1. The standard InChI is InChI=1S/C7H10N4O5S2/c1-4(12)8-6-9-10-7(17-6)18(15,16)11(2)3-5(13)14/h3H2,1-2H3,(H,13,14)(H,8,9,12). The summed E-state index contributed by atoms with van der Waals surface area (Å²) in [5.41, 5.74) is 0. The molecule has 1 amide bonds. The first kappa shape index (κ1) is 14.5. The fourth-order valence-electron chi connectivity index (χ4n) is 0.924. The summed E-state index contributed by atoms with van der Waals surface area (Å²) < 4.78 is 23.9. The van der Waals surface area contributed by atoms with E-state index in [0.717, 1.165) is 7.05 Å². The monoisotopic (exact) mass is 294 g/mol. The maximum Gasteiger partial charge on any atom is 0.318 e. The van der Waals surface area contributed by atoms with Gasteiger partial charge in [-0.05, 0) is 0 Å². The lowest BCUT2D eigenvalue weighted by Crippen LogP contribution is -2.31. The molecule has 2 N–H and O–H groups in total. The number of carbonyl (C=O) groups excluding carboxylic acids is 1. The molecule has 0 saturated heterocycles. The molecule has 1 rings (SSSR count). The van der Waals surface area contributed by atoms with Crippen molar-refractivity contribution in [3.8, 4) is 0 Å². The minimum Gasteiger partial charge on any atom is -0.480 e. The first-order valence-corrected chi connectivity index (χ1v) is 6.78. The van der Waals surface area contributed by atoms with Gasteiger partial charge in [0.1, 0.15) is 6.54 Å². The number of carboxylic acids is 1. The van der Waals surface area contributed by atoms with Crippen molar-refractivity contribution in [3.63, 3.8) is 0 Å². The molecule has 1 heterocycles. The highest BCUT2D eigenvalue weighted by Crippen LogP contribution is 2.22. The molecule has 11 heteroatoms. The van der Waals surface area contributed by atoms with Gasteiger partial charge in [-0.25, -0.2) is 8.42 Å². The maximum atomic E-state index is 11.8. The van der Waals surface area contributed by atoms with Gasteiger partial charge < -0.3 is 10.4 Å². The van der Waals surface area contributed by atoms with Crippen molar-refractivity contribution in [1.82, 2.24) is 14.5 Å². The van der Waals surface area contributed by atoms with E-state index in [2.05, 4.69) is 15.5 Å². The fraction of sp³-hybridized carbons (Fsp3) is 0.429. The van der Waals surface area contributed by atoms with Crippen LogP contribution in [0.4, 0.5) is 5.13 Å². The highest BCUT2D eigenvalue weighted by Gasteiger charge is 2.27. The fourth-order valence-corrected chi connectivity index (χ4v) is 3.18. The van der Waals surface area contributed by atoms with E-state index in [9.17, 15) is 18.0 Å². The zero-order chi connectivity index (χ0) is 13.9. The van der Waals surface area contributed by atoms with Gasteiger partial charge in [-0.1, -0.05) is 11.3 Å². The highest BCUT2D eigenvalue weighted by atomic mass is 32.2. The first-order chi connectivity index (χ1) is 8.23. The van der Waals surface area contributed by atoms with Crippen LogP contribution in [0.5, 0.6) is 0 Å². The third-order valence-corrected chi connectivity index (χ3v) is 4.67. The Morgan fingerprint density at radius 1 is 1.44 bits per heavy atom. The Morgan fingerprint density at radius 2 is 2.06 bits per heavy atom. The third-order valence-electron chi connectivity index (χ3n) is 1.68. The molecule has 0 saturated carbocycles. The Morgan fingerprint density at radius 3 is 2.56 bits per heavy atom. The second-order valence-electron chi connectivity index (χ2n) is 3.21. The average Bonchev–Trinajstić information content (AvgIpc) is 2.64. The number of rotatable bonds is 5. The topological polar surface area (TPSA) is 130 Å². The molecule has 1 aromatic rings. The van der Waals surface area contributed by atoms with Crippen LogP contribution in [0.2, 0.25) is 0 Å². The zero-order valence-corrected chi connectivity index (χ0v) is 11.1. The summed E-state index contributed by atoms with van der Waals surface area (Å²) in [6.07, 6.45) is 0. The summed E-state index contributed by atoms with van der Waals surface area (Å²) in [6, 6.07) is 0. The van der Waals surface area contributed by atoms with Crippen LogP contribution >= 0.6 is 11.3 Å². The number of sulfonamides is 1. The first-order valence-electron chi connectivity index (χ1n) is 4.52. The summed E-state index contributed by atoms with van der Waals surface area (Å²) in [6.45, 7) is 0.559. The molecule has 0 aromatic carbocycles. The molecular weight excluding hydrogens is 284 g/mol. The van der Waals surface area contributed by atoms with E-state index in [1.54, 1.807) is 0 Å². The molecular formula is C7H10N4O5S2. The number of aliphatic carboxylic acids is 1. The van der Waals surface area contributed by atoms with Crippen molar-refractivity contribution in [2.45, 2.75) is 11.3 Å². The number of hydrogen-bond acceptors (Lipinski definition) is 7. The molecule has 0 radical (unpaired) electrons. The zero-order valence-electron chi connectivity index (χ0n) is 9.45. The second-order valence-corrected chi connectivity index (χ2v) is 6.41. The van der Waals surface area contributed by atoms with Crippen molar-refractivity contribution >= 4 is 38.4 Å². The molecule has 18 heavy (non-hydrogen) atoms.